The highest BCUT2D eigenvalue weighted by Crippen LogP contribution is 2.20. The lowest BCUT2D eigenvalue weighted by molar-refractivity contribution is 0.168. The van der Waals surface area contributed by atoms with Crippen LogP contribution in [0.2, 0.25) is 0 Å². The number of cyclic esters (lactones) is 1. The standard InChI is InChI=1S/C10H17N3O2/c1-7(2)8-6-15-10(14)13(8)9(12-3)4-5-11/h4-5,7-8H,6,11H2,1-3H3/t8-/m1/s1. The molecule has 15 heavy (non-hydrogen) atoms. The third kappa shape index (κ3) is 2.29. The summed E-state index contributed by atoms with van der Waals surface area (Å²) in [5.41, 5.74) is 5.30. The van der Waals surface area contributed by atoms with Crippen molar-refractivity contribution in [2.45, 2.75) is 19.9 Å². The van der Waals surface area contributed by atoms with Gasteiger partial charge < -0.3 is 10.5 Å². The normalized spacial score (nSPS) is 22.9. The van der Waals surface area contributed by atoms with Gasteiger partial charge in [0.2, 0.25) is 0 Å². The van der Waals surface area contributed by atoms with Crippen LogP contribution in [0.25, 0.3) is 0 Å². The molecule has 0 aromatic rings. The van der Waals surface area contributed by atoms with Gasteiger partial charge in [0.1, 0.15) is 12.4 Å². The zero-order valence-electron chi connectivity index (χ0n) is 9.30. The fraction of sp³-hybridized carbons (Fsp3) is 0.600. The molecule has 1 fully saturated rings. The molecule has 1 amide bonds. The Kier molecular flexibility index (Phi) is 3.71. The summed E-state index contributed by atoms with van der Waals surface area (Å²) in [4.78, 5) is 17.1. The largest absolute Gasteiger partial charge is 0.447 e. The van der Waals surface area contributed by atoms with Crippen LogP contribution < -0.4 is 5.73 Å². The number of hydrogen-bond donors (Lipinski definition) is 1. The van der Waals surface area contributed by atoms with Crippen LogP contribution in [-0.4, -0.2) is 36.5 Å². The Morgan fingerprint density at radius 2 is 2.40 bits per heavy atom. The van der Waals surface area contributed by atoms with Crippen molar-refractivity contribution < 1.29 is 9.53 Å². The van der Waals surface area contributed by atoms with Gasteiger partial charge in [-0.2, -0.15) is 0 Å². The molecule has 2 N–H and O–H groups in total. The number of amidine groups is 1. The second kappa shape index (κ2) is 4.82. The third-order valence-electron chi connectivity index (χ3n) is 2.40. The Bertz CT molecular complexity index is 297. The maximum Gasteiger partial charge on any atom is 0.415 e. The predicted molar refractivity (Wildman–Crippen MR) is 58.5 cm³/mol. The molecule has 5 nitrogen and oxygen atoms in total. The Morgan fingerprint density at radius 1 is 1.73 bits per heavy atom. The van der Waals surface area contributed by atoms with Gasteiger partial charge in [-0.25, -0.2) is 4.79 Å². The van der Waals surface area contributed by atoms with Gasteiger partial charge in [-0.15, -0.1) is 0 Å². The predicted octanol–water partition coefficient (Wildman–Crippen LogP) is 0.964. The van der Waals surface area contributed by atoms with Crippen LogP contribution in [0, 0.1) is 5.92 Å². The molecule has 0 aromatic heterocycles. The van der Waals surface area contributed by atoms with Gasteiger partial charge in [0.05, 0.1) is 6.04 Å². The Labute approximate surface area is 89.6 Å². The maximum absolute atomic E-state index is 11.5. The van der Waals surface area contributed by atoms with Gasteiger partial charge >= 0.3 is 6.09 Å². The first-order valence-electron chi connectivity index (χ1n) is 4.92. The van der Waals surface area contributed by atoms with E-state index in [0.717, 1.165) is 0 Å². The molecule has 1 aliphatic heterocycles. The maximum atomic E-state index is 11.5. The number of nitrogens with two attached hydrogens (primary N) is 1. The van der Waals surface area contributed by atoms with Gasteiger partial charge in [-0.05, 0) is 18.2 Å². The van der Waals surface area contributed by atoms with Crippen LogP contribution in [0.4, 0.5) is 4.79 Å². The number of aliphatic imine (C=N–C) groups is 1. The lowest BCUT2D eigenvalue weighted by atomic mass is 10.0. The highest BCUT2D eigenvalue weighted by molar-refractivity contribution is 6.03. The van der Waals surface area contributed by atoms with Crippen LogP contribution in [0.15, 0.2) is 17.3 Å². The van der Waals surface area contributed by atoms with Crippen molar-refractivity contribution in [3.8, 4) is 0 Å². The minimum absolute atomic E-state index is 0.0346. The Hall–Kier alpha value is -1.52. The summed E-state index contributed by atoms with van der Waals surface area (Å²) >= 11 is 0. The van der Waals surface area contributed by atoms with E-state index in [1.165, 1.54) is 6.20 Å². The molecule has 1 heterocycles. The van der Waals surface area contributed by atoms with Crippen molar-refractivity contribution in [2.75, 3.05) is 13.7 Å². The molecular formula is C10H17N3O2. The summed E-state index contributed by atoms with van der Waals surface area (Å²) in [5.74, 6) is 0.859. The fourth-order valence-corrected chi connectivity index (χ4v) is 1.54. The van der Waals surface area contributed by atoms with Gasteiger partial charge in [-0.1, -0.05) is 13.8 Å². The minimum atomic E-state index is -0.354. The number of amides is 1. The van der Waals surface area contributed by atoms with Gasteiger partial charge in [-0.3, -0.25) is 9.89 Å². The summed E-state index contributed by atoms with van der Waals surface area (Å²) in [6.45, 7) is 4.49. The number of hydrogen-bond acceptors (Lipinski definition) is 4. The van der Waals surface area contributed by atoms with E-state index in [1.807, 2.05) is 13.8 Å². The van der Waals surface area contributed by atoms with E-state index < -0.39 is 0 Å². The monoisotopic (exact) mass is 211 g/mol. The highest BCUT2D eigenvalue weighted by atomic mass is 16.6. The minimum Gasteiger partial charge on any atom is -0.447 e. The molecule has 0 spiro atoms. The SMILES string of the molecule is CN=C(C=CN)N1C(=O)OC[C@@H]1C(C)C. The zero-order chi connectivity index (χ0) is 11.4. The molecule has 0 radical (unpaired) electrons. The van der Waals surface area contributed by atoms with Crippen LogP contribution >= 0.6 is 0 Å². The molecule has 0 bridgehead atoms. The number of ether oxygens (including phenoxy) is 1. The van der Waals surface area contributed by atoms with Crippen molar-refractivity contribution in [3.63, 3.8) is 0 Å². The number of carbonyl (C=O) groups excluding carboxylic acids is 1. The lowest BCUT2D eigenvalue weighted by Gasteiger charge is -2.23. The summed E-state index contributed by atoms with van der Waals surface area (Å²) in [5, 5.41) is 0. The molecular weight excluding hydrogens is 194 g/mol. The van der Waals surface area contributed by atoms with Crippen molar-refractivity contribution >= 4 is 11.9 Å². The molecule has 1 aliphatic rings. The molecule has 0 aliphatic carbocycles. The quantitative estimate of drug-likeness (QED) is 0.546. The molecule has 0 saturated carbocycles. The topological polar surface area (TPSA) is 67.9 Å². The molecule has 0 aromatic carbocycles. The molecule has 84 valence electrons. The van der Waals surface area contributed by atoms with E-state index in [1.54, 1.807) is 18.0 Å². The number of rotatable bonds is 2. The zero-order valence-corrected chi connectivity index (χ0v) is 9.30. The second-order valence-corrected chi connectivity index (χ2v) is 3.70. The van der Waals surface area contributed by atoms with Crippen LogP contribution in [-0.2, 0) is 4.74 Å². The van der Waals surface area contributed by atoms with Gasteiger partial charge in [0, 0.05) is 7.05 Å². The van der Waals surface area contributed by atoms with Crippen molar-refractivity contribution in [1.29, 1.82) is 0 Å². The average molecular weight is 211 g/mol. The lowest BCUT2D eigenvalue weighted by Crippen LogP contribution is -2.41. The summed E-state index contributed by atoms with van der Waals surface area (Å²) in [6.07, 6.45) is 2.61. The van der Waals surface area contributed by atoms with Gasteiger partial charge in [0.15, 0.2) is 0 Å². The summed E-state index contributed by atoms with van der Waals surface area (Å²) in [7, 11) is 1.62. The van der Waals surface area contributed by atoms with E-state index >= 15 is 0 Å². The highest BCUT2D eigenvalue weighted by Gasteiger charge is 2.37. The Balaban J connectivity index is 2.93. The number of nitrogens with zero attached hydrogens (tertiary/aromatic N) is 2. The first kappa shape index (κ1) is 11.6. The van der Waals surface area contributed by atoms with Crippen molar-refractivity contribution in [3.05, 3.63) is 12.3 Å². The van der Waals surface area contributed by atoms with E-state index in [9.17, 15) is 4.79 Å². The van der Waals surface area contributed by atoms with E-state index in [0.29, 0.717) is 18.4 Å². The van der Waals surface area contributed by atoms with Crippen LogP contribution in [0.3, 0.4) is 0 Å². The molecule has 1 rings (SSSR count). The summed E-state index contributed by atoms with van der Waals surface area (Å²) in [6, 6.07) is 0.0346. The molecule has 1 atom stereocenters. The third-order valence-corrected chi connectivity index (χ3v) is 2.40. The average Bonchev–Trinajstić information content (AvgIpc) is 2.57. The summed E-state index contributed by atoms with van der Waals surface area (Å²) < 4.78 is 5.00. The molecule has 5 heteroatoms. The smallest absolute Gasteiger partial charge is 0.415 e. The van der Waals surface area contributed by atoms with Crippen molar-refractivity contribution in [2.24, 2.45) is 16.6 Å². The van der Waals surface area contributed by atoms with Gasteiger partial charge in [0.25, 0.3) is 0 Å². The van der Waals surface area contributed by atoms with Crippen molar-refractivity contribution in [1.82, 2.24) is 4.90 Å². The van der Waals surface area contributed by atoms with E-state index in [4.69, 9.17) is 10.5 Å². The molecule has 1 saturated heterocycles. The van der Waals surface area contributed by atoms with E-state index in [-0.39, 0.29) is 12.1 Å². The van der Waals surface area contributed by atoms with E-state index in [2.05, 4.69) is 4.99 Å². The second-order valence-electron chi connectivity index (χ2n) is 3.70. The fourth-order valence-electron chi connectivity index (χ4n) is 1.54. The molecule has 0 unspecified atom stereocenters. The number of carbonyl (C=O) groups is 1. The van der Waals surface area contributed by atoms with Crippen LogP contribution in [0.1, 0.15) is 13.8 Å². The first-order valence-corrected chi connectivity index (χ1v) is 4.92. The van der Waals surface area contributed by atoms with Crippen LogP contribution in [0.5, 0.6) is 0 Å². The first-order chi connectivity index (χ1) is 7.11. The Morgan fingerprint density at radius 3 is 2.87 bits per heavy atom.